The molecule has 0 amide bonds. The molecule has 0 saturated heterocycles. The van der Waals surface area contributed by atoms with Gasteiger partial charge < -0.3 is 5.11 Å². The van der Waals surface area contributed by atoms with Crippen LogP contribution in [0.15, 0.2) is 40.3 Å². The summed E-state index contributed by atoms with van der Waals surface area (Å²) in [5.41, 5.74) is 8.42. The summed E-state index contributed by atoms with van der Waals surface area (Å²) >= 11 is 0. The van der Waals surface area contributed by atoms with E-state index in [1.807, 2.05) is 13.8 Å². The predicted molar refractivity (Wildman–Crippen MR) is 84.7 cm³/mol. The molecule has 0 radical (unpaired) electrons. The molecule has 122 valence electrons. The Morgan fingerprint density at radius 3 is 2.32 bits per heavy atom. The summed E-state index contributed by atoms with van der Waals surface area (Å²) in [6.07, 6.45) is -1.06. The van der Waals surface area contributed by atoms with Crippen LogP contribution in [0.5, 0.6) is 0 Å². The predicted octanol–water partition coefficient (Wildman–Crippen LogP) is 2.39. The molecule has 1 aromatic rings. The number of sulfonamides is 1. The first kappa shape index (κ1) is 18.4. The fourth-order valence-corrected chi connectivity index (χ4v) is 3.58. The van der Waals surface area contributed by atoms with E-state index in [0.29, 0.717) is 0 Å². The molecule has 0 heterocycles. The normalized spacial score (nSPS) is 14.6. The lowest BCUT2D eigenvalue weighted by molar-refractivity contribution is 0.122. The summed E-state index contributed by atoms with van der Waals surface area (Å²) < 4.78 is 26.6. The van der Waals surface area contributed by atoms with Crippen molar-refractivity contribution in [2.24, 2.45) is 11.0 Å². The van der Waals surface area contributed by atoms with E-state index in [0.717, 1.165) is 0 Å². The maximum absolute atomic E-state index is 12.7. The van der Waals surface area contributed by atoms with Gasteiger partial charge >= 0.3 is 0 Å². The van der Waals surface area contributed by atoms with Crippen LogP contribution in [0.4, 0.5) is 0 Å². The zero-order valence-corrected chi connectivity index (χ0v) is 13.8. The van der Waals surface area contributed by atoms with E-state index in [9.17, 15) is 13.5 Å². The Kier molecular flexibility index (Phi) is 6.83. The molecule has 1 N–H and O–H groups in total. The maximum Gasteiger partial charge on any atom is 0.243 e. The van der Waals surface area contributed by atoms with E-state index in [-0.39, 0.29) is 23.9 Å². The Hall–Kier alpha value is -1.60. The molecule has 7 nitrogen and oxygen atoms in total. The Balaban J connectivity index is 3.05. The fraction of sp³-hybridized carbons (Fsp3) is 0.571. The van der Waals surface area contributed by atoms with E-state index in [1.165, 1.54) is 16.4 Å². The van der Waals surface area contributed by atoms with Crippen molar-refractivity contribution in [3.8, 4) is 0 Å². The van der Waals surface area contributed by atoms with Crippen molar-refractivity contribution in [3.63, 3.8) is 0 Å². The largest absolute Gasteiger partial charge is 0.391 e. The Morgan fingerprint density at radius 1 is 1.23 bits per heavy atom. The van der Waals surface area contributed by atoms with Gasteiger partial charge in [-0.2, -0.15) is 4.31 Å². The number of aliphatic hydroxyl groups excluding tert-OH is 1. The molecule has 8 heteroatoms. The number of aliphatic hydroxyl groups is 1. The summed E-state index contributed by atoms with van der Waals surface area (Å²) in [4.78, 5) is 2.82. The molecule has 0 aliphatic heterocycles. The lowest BCUT2D eigenvalue weighted by Gasteiger charge is -2.27. The first-order valence-corrected chi connectivity index (χ1v) is 8.50. The summed E-state index contributed by atoms with van der Waals surface area (Å²) in [7, 11) is -3.70. The van der Waals surface area contributed by atoms with E-state index in [2.05, 4.69) is 10.0 Å². The van der Waals surface area contributed by atoms with Gasteiger partial charge in [0.05, 0.1) is 17.0 Å². The van der Waals surface area contributed by atoms with Crippen molar-refractivity contribution >= 4 is 10.0 Å². The highest BCUT2D eigenvalue weighted by atomic mass is 32.2. The molecule has 1 aromatic carbocycles. The van der Waals surface area contributed by atoms with Crippen molar-refractivity contribution in [1.82, 2.24) is 4.31 Å². The van der Waals surface area contributed by atoms with Crippen LogP contribution in [0.2, 0.25) is 0 Å². The molecule has 0 aliphatic carbocycles. The van der Waals surface area contributed by atoms with Crippen molar-refractivity contribution < 1.29 is 13.5 Å². The van der Waals surface area contributed by atoms with Crippen molar-refractivity contribution in [1.29, 1.82) is 0 Å². The van der Waals surface area contributed by atoms with Gasteiger partial charge in [0, 0.05) is 18.0 Å². The maximum atomic E-state index is 12.7. The van der Waals surface area contributed by atoms with Crippen LogP contribution in [0, 0.1) is 5.92 Å². The third kappa shape index (κ3) is 4.99. The second-order valence-corrected chi connectivity index (χ2v) is 7.48. The van der Waals surface area contributed by atoms with Crippen LogP contribution in [-0.4, -0.2) is 43.1 Å². The van der Waals surface area contributed by atoms with Gasteiger partial charge in [-0.15, -0.1) is 0 Å². The van der Waals surface area contributed by atoms with Crippen molar-refractivity contribution in [2.45, 2.75) is 37.8 Å². The molecule has 0 saturated carbocycles. The van der Waals surface area contributed by atoms with Gasteiger partial charge in [0.25, 0.3) is 0 Å². The SMILES string of the molecule is CC(C)CN(CC(O)[C@H](C)N=[N+]=[N-])S(=O)(=O)c1ccccc1. The van der Waals surface area contributed by atoms with E-state index < -0.39 is 22.2 Å². The molecule has 22 heavy (non-hydrogen) atoms. The minimum atomic E-state index is -3.70. The third-order valence-electron chi connectivity index (χ3n) is 3.13. The molecule has 0 aromatic heterocycles. The van der Waals surface area contributed by atoms with Crippen LogP contribution in [0.25, 0.3) is 10.4 Å². The van der Waals surface area contributed by atoms with Crippen LogP contribution in [-0.2, 0) is 10.0 Å². The standard InChI is InChI=1S/C14H22N4O3S/c1-11(2)9-18(10-14(19)12(3)16-17-15)22(20,21)13-7-5-4-6-8-13/h4-8,11-12,14,19H,9-10H2,1-3H3/t12-,14?/m0/s1. The monoisotopic (exact) mass is 326 g/mol. The fourth-order valence-electron chi connectivity index (χ4n) is 1.94. The second kappa shape index (κ2) is 8.14. The summed E-state index contributed by atoms with van der Waals surface area (Å²) in [6.45, 7) is 5.51. The van der Waals surface area contributed by atoms with Crippen molar-refractivity contribution in [2.75, 3.05) is 13.1 Å². The Morgan fingerprint density at radius 2 is 1.82 bits per heavy atom. The average Bonchev–Trinajstić information content (AvgIpc) is 2.47. The average molecular weight is 326 g/mol. The van der Waals surface area contributed by atoms with E-state index in [1.54, 1.807) is 25.1 Å². The number of benzene rings is 1. The minimum Gasteiger partial charge on any atom is -0.391 e. The van der Waals surface area contributed by atoms with E-state index >= 15 is 0 Å². The minimum absolute atomic E-state index is 0.0976. The summed E-state index contributed by atoms with van der Waals surface area (Å²) in [6, 6.07) is 7.38. The van der Waals surface area contributed by atoms with Crippen LogP contribution in [0.1, 0.15) is 20.8 Å². The molecule has 1 rings (SSSR count). The highest BCUT2D eigenvalue weighted by molar-refractivity contribution is 7.89. The number of nitrogens with zero attached hydrogens (tertiary/aromatic N) is 4. The quantitative estimate of drug-likeness (QED) is 0.450. The number of hydrogen-bond acceptors (Lipinski definition) is 4. The van der Waals surface area contributed by atoms with Crippen molar-refractivity contribution in [3.05, 3.63) is 40.8 Å². The molecule has 0 bridgehead atoms. The molecule has 0 fully saturated rings. The Bertz CT molecular complexity index is 612. The highest BCUT2D eigenvalue weighted by Gasteiger charge is 2.28. The molecular weight excluding hydrogens is 304 g/mol. The zero-order chi connectivity index (χ0) is 16.8. The zero-order valence-electron chi connectivity index (χ0n) is 13.0. The van der Waals surface area contributed by atoms with Crippen LogP contribution < -0.4 is 0 Å². The van der Waals surface area contributed by atoms with Crippen LogP contribution >= 0.6 is 0 Å². The van der Waals surface area contributed by atoms with Gasteiger partial charge in [-0.1, -0.05) is 44.1 Å². The topological polar surface area (TPSA) is 106 Å². The number of azide groups is 1. The van der Waals surface area contributed by atoms with Crippen LogP contribution in [0.3, 0.4) is 0 Å². The lowest BCUT2D eigenvalue weighted by Crippen LogP contribution is -2.42. The number of hydrogen-bond donors (Lipinski definition) is 1. The first-order chi connectivity index (χ1) is 10.3. The van der Waals surface area contributed by atoms with Gasteiger partial charge in [-0.05, 0) is 23.6 Å². The molecular formula is C14H22N4O3S. The Labute approximate surface area is 131 Å². The van der Waals surface area contributed by atoms with Gasteiger partial charge in [-0.25, -0.2) is 8.42 Å². The van der Waals surface area contributed by atoms with E-state index in [4.69, 9.17) is 5.53 Å². The summed E-state index contributed by atoms with van der Waals surface area (Å²) in [5.74, 6) is 0.0976. The third-order valence-corrected chi connectivity index (χ3v) is 4.98. The molecule has 2 atom stereocenters. The second-order valence-electron chi connectivity index (χ2n) is 5.54. The van der Waals surface area contributed by atoms with Gasteiger partial charge in [0.15, 0.2) is 0 Å². The molecule has 1 unspecified atom stereocenters. The van der Waals surface area contributed by atoms with Gasteiger partial charge in [0.2, 0.25) is 10.0 Å². The van der Waals surface area contributed by atoms with Gasteiger partial charge in [0.1, 0.15) is 0 Å². The highest BCUT2D eigenvalue weighted by Crippen LogP contribution is 2.18. The van der Waals surface area contributed by atoms with Gasteiger partial charge in [-0.3, -0.25) is 0 Å². The first-order valence-electron chi connectivity index (χ1n) is 7.06. The smallest absolute Gasteiger partial charge is 0.243 e. The summed E-state index contributed by atoms with van der Waals surface area (Å²) in [5, 5.41) is 13.5. The lowest BCUT2D eigenvalue weighted by atomic mass is 10.2. The number of rotatable bonds is 8. The molecule has 0 aliphatic rings. The molecule has 0 spiro atoms.